The van der Waals surface area contributed by atoms with Crippen molar-refractivity contribution in [2.45, 2.75) is 43.2 Å². The summed E-state index contributed by atoms with van der Waals surface area (Å²) >= 11 is 0. The highest BCUT2D eigenvalue weighted by Gasteiger charge is 2.40. The minimum atomic E-state index is -2.32. The van der Waals surface area contributed by atoms with Crippen molar-refractivity contribution >= 4 is 28.7 Å². The van der Waals surface area contributed by atoms with Crippen LogP contribution in [0.1, 0.15) is 51.6 Å². The number of aromatic amines is 1. The van der Waals surface area contributed by atoms with Gasteiger partial charge in [-0.05, 0) is 60.4 Å². The normalized spacial score (nSPS) is 16.9. The molecule has 0 bridgehead atoms. The fourth-order valence-corrected chi connectivity index (χ4v) is 6.28. The molecule has 1 aliphatic carbocycles. The van der Waals surface area contributed by atoms with Gasteiger partial charge in [-0.2, -0.15) is 0 Å². The third-order valence-electron chi connectivity index (χ3n) is 9.20. The summed E-state index contributed by atoms with van der Waals surface area (Å²) in [6, 6.07) is 23.2. The van der Waals surface area contributed by atoms with Crippen molar-refractivity contribution in [2.24, 2.45) is 0 Å². The number of amides is 2. The van der Waals surface area contributed by atoms with Gasteiger partial charge in [0.2, 0.25) is 11.2 Å². The van der Waals surface area contributed by atoms with E-state index < -0.39 is 40.9 Å². The molecule has 5 aromatic rings. The zero-order chi connectivity index (χ0) is 37.7. The molecule has 6 rings (SSSR count). The number of aromatic hydroxyl groups is 1. The van der Waals surface area contributed by atoms with Crippen LogP contribution in [0.3, 0.4) is 0 Å². The van der Waals surface area contributed by atoms with Gasteiger partial charge < -0.3 is 46.1 Å². The molecule has 0 spiro atoms. The lowest BCUT2D eigenvalue weighted by Gasteiger charge is -2.36. The molecule has 1 aromatic heterocycles. The van der Waals surface area contributed by atoms with Crippen LogP contribution in [0.25, 0.3) is 10.9 Å². The first-order valence-corrected chi connectivity index (χ1v) is 16.8. The third kappa shape index (κ3) is 8.20. The van der Waals surface area contributed by atoms with Gasteiger partial charge in [-0.25, -0.2) is 9.18 Å². The number of carbonyl (C=O) groups is 3. The molecular formula is C39H37FN4O9. The topological polar surface area (TPSA) is 210 Å². The van der Waals surface area contributed by atoms with Crippen molar-refractivity contribution in [3.63, 3.8) is 0 Å². The second-order valence-electron chi connectivity index (χ2n) is 12.8. The highest BCUT2D eigenvalue weighted by atomic mass is 19.1. The van der Waals surface area contributed by atoms with Crippen LogP contribution in [-0.2, 0) is 21.7 Å². The number of hydrogen-bond acceptors (Lipinski definition) is 9. The molecule has 1 saturated carbocycles. The summed E-state index contributed by atoms with van der Waals surface area (Å²) in [7, 11) is 0. The summed E-state index contributed by atoms with van der Waals surface area (Å²) in [5.41, 5.74) is -1.39. The van der Waals surface area contributed by atoms with Crippen LogP contribution in [0.15, 0.2) is 102 Å². The predicted molar refractivity (Wildman–Crippen MR) is 191 cm³/mol. The van der Waals surface area contributed by atoms with Crippen LogP contribution < -0.4 is 26.2 Å². The summed E-state index contributed by atoms with van der Waals surface area (Å²) in [6.45, 7) is -0.247. The summed E-state index contributed by atoms with van der Waals surface area (Å²) in [4.78, 5) is 51.7. The number of aliphatic hydroxyl groups is 2. The van der Waals surface area contributed by atoms with Gasteiger partial charge in [-0.15, -0.1) is 0 Å². The number of H-pyrrole nitrogens is 1. The van der Waals surface area contributed by atoms with Crippen LogP contribution >= 0.6 is 0 Å². The maximum Gasteiger partial charge on any atom is 0.345 e. The minimum absolute atomic E-state index is 0.0469. The molecule has 1 fully saturated rings. The van der Waals surface area contributed by atoms with Crippen molar-refractivity contribution in [1.82, 2.24) is 20.9 Å². The Morgan fingerprint density at radius 3 is 2.38 bits per heavy atom. The molecule has 2 atom stereocenters. The maximum absolute atomic E-state index is 14.9. The zero-order valence-electron chi connectivity index (χ0n) is 28.2. The van der Waals surface area contributed by atoms with Crippen LogP contribution in [0, 0.1) is 5.82 Å². The Morgan fingerprint density at radius 2 is 1.64 bits per heavy atom. The number of carboxylic acids is 1. The van der Waals surface area contributed by atoms with E-state index in [-0.39, 0.29) is 71.0 Å². The Morgan fingerprint density at radius 1 is 0.906 bits per heavy atom. The first kappa shape index (κ1) is 36.7. The highest BCUT2D eigenvalue weighted by Crippen LogP contribution is 2.32. The number of rotatable bonds is 14. The fraction of sp³-hybridized carbons (Fsp3) is 0.231. The zero-order valence-corrected chi connectivity index (χ0v) is 28.2. The number of aliphatic carboxylic acids is 1. The standard InChI is InChI=1S/C39H37FN4O9/c40-31-15-22(9-10-23(31)19-41-20-33(46)29-11-13-32(45)36-30(29)12-14-34(47)44-36)37(49)43-27-17-26(18-27)42-35(48)21-53-28-8-4-7-25(16-28)39(52,38(50)51)24-5-2-1-3-6-24/h1-16,26-27,33,41,45-46,52H,17-21H2,(H,42,48)(H,43,49)(H,44,47)(H,50,51)/t26-,27-,33-,39-/m0/s1. The van der Waals surface area contributed by atoms with Crippen LogP contribution in [0.5, 0.6) is 11.5 Å². The summed E-state index contributed by atoms with van der Waals surface area (Å²) in [5.74, 6) is -2.89. The minimum Gasteiger partial charge on any atom is -0.506 e. The second kappa shape index (κ2) is 15.7. The van der Waals surface area contributed by atoms with Gasteiger partial charge in [0.05, 0.1) is 11.6 Å². The van der Waals surface area contributed by atoms with Gasteiger partial charge in [0.25, 0.3) is 11.8 Å². The average molecular weight is 725 g/mol. The van der Waals surface area contributed by atoms with Crippen molar-refractivity contribution in [2.75, 3.05) is 13.2 Å². The van der Waals surface area contributed by atoms with E-state index in [1.807, 2.05) is 0 Å². The molecule has 14 heteroatoms. The van der Waals surface area contributed by atoms with Crippen molar-refractivity contribution in [3.05, 3.63) is 141 Å². The molecule has 0 aliphatic heterocycles. The molecule has 2 amide bonds. The van der Waals surface area contributed by atoms with Crippen molar-refractivity contribution in [1.29, 1.82) is 0 Å². The first-order valence-electron chi connectivity index (χ1n) is 16.8. The van der Waals surface area contributed by atoms with E-state index in [9.17, 15) is 44.0 Å². The molecule has 8 N–H and O–H groups in total. The molecule has 0 unspecified atom stereocenters. The van der Waals surface area contributed by atoms with Crippen LogP contribution in [0.2, 0.25) is 0 Å². The SMILES string of the molecule is O=C(COc1cccc([C@](O)(C(=O)O)c2ccccc2)c1)N[C@H]1C[C@H](NC(=O)c2ccc(CNC[C@H](O)c3ccc(O)c4[nH]c(=O)ccc34)c(F)c2)C1. The highest BCUT2D eigenvalue weighted by molar-refractivity contribution is 5.94. The van der Waals surface area contributed by atoms with Gasteiger partial charge in [0, 0.05) is 53.3 Å². The number of phenols is 1. The van der Waals surface area contributed by atoms with Crippen molar-refractivity contribution in [3.8, 4) is 11.5 Å². The van der Waals surface area contributed by atoms with Gasteiger partial charge in [0.15, 0.2) is 6.61 Å². The number of benzene rings is 4. The number of fused-ring (bicyclic) bond motifs is 1. The average Bonchev–Trinajstić information content (AvgIpc) is 3.14. The first-order chi connectivity index (χ1) is 25.4. The van der Waals surface area contributed by atoms with Gasteiger partial charge in [-0.1, -0.05) is 54.6 Å². The number of phenolic OH excluding ortho intramolecular Hbond substituents is 1. The Bertz CT molecular complexity index is 2210. The molecule has 0 radical (unpaired) electrons. The lowest BCUT2D eigenvalue weighted by atomic mass is 9.86. The molecule has 0 saturated heterocycles. The van der Waals surface area contributed by atoms with E-state index in [4.69, 9.17) is 4.74 Å². The van der Waals surface area contributed by atoms with Gasteiger partial charge in [0.1, 0.15) is 17.3 Å². The molecule has 1 aliphatic rings. The van der Waals surface area contributed by atoms with Crippen LogP contribution in [-0.4, -0.2) is 68.4 Å². The third-order valence-corrected chi connectivity index (χ3v) is 9.20. The Labute approximate surface area is 302 Å². The van der Waals surface area contributed by atoms with E-state index in [1.165, 1.54) is 60.7 Å². The van der Waals surface area contributed by atoms with E-state index in [2.05, 4.69) is 20.9 Å². The number of carboxylic acid groups (broad SMARTS) is 1. The van der Waals surface area contributed by atoms with E-state index in [0.29, 0.717) is 23.8 Å². The number of aromatic nitrogens is 1. The molecule has 1 heterocycles. The number of pyridine rings is 1. The molecule has 4 aromatic carbocycles. The monoisotopic (exact) mass is 724 g/mol. The Balaban J connectivity index is 0.938. The number of aliphatic hydroxyl groups excluding tert-OH is 1. The number of ether oxygens (including phenoxy) is 1. The second-order valence-corrected chi connectivity index (χ2v) is 12.8. The van der Waals surface area contributed by atoms with E-state index >= 15 is 0 Å². The predicted octanol–water partition coefficient (Wildman–Crippen LogP) is 2.97. The Kier molecular flexibility index (Phi) is 10.8. The van der Waals surface area contributed by atoms with Crippen LogP contribution in [0.4, 0.5) is 4.39 Å². The van der Waals surface area contributed by atoms with Gasteiger partial charge in [-0.3, -0.25) is 14.4 Å². The number of nitrogens with one attached hydrogen (secondary N) is 4. The quantitative estimate of drug-likeness (QED) is 0.0840. The van der Waals surface area contributed by atoms with E-state index in [1.54, 1.807) is 30.3 Å². The summed E-state index contributed by atoms with van der Waals surface area (Å²) in [5, 5.41) is 50.8. The molecule has 13 nitrogen and oxygen atoms in total. The largest absolute Gasteiger partial charge is 0.506 e. The fourth-order valence-electron chi connectivity index (χ4n) is 6.28. The lowest BCUT2D eigenvalue weighted by molar-refractivity contribution is -0.155. The van der Waals surface area contributed by atoms with Gasteiger partial charge >= 0.3 is 5.97 Å². The number of halogens is 1. The molecule has 274 valence electrons. The molecular weight excluding hydrogens is 687 g/mol. The summed E-state index contributed by atoms with van der Waals surface area (Å²) in [6.07, 6.45) is -0.115. The maximum atomic E-state index is 14.9. The Hall–Kier alpha value is -6.09. The lowest BCUT2D eigenvalue weighted by Crippen LogP contribution is -2.54. The number of hydrogen-bond donors (Lipinski definition) is 8. The van der Waals surface area contributed by atoms with E-state index in [0.717, 1.165) is 6.07 Å². The molecule has 53 heavy (non-hydrogen) atoms. The van der Waals surface area contributed by atoms with Crippen molar-refractivity contribution < 1.29 is 43.9 Å². The summed E-state index contributed by atoms with van der Waals surface area (Å²) < 4.78 is 20.5. The number of carbonyl (C=O) groups excluding carboxylic acids is 2. The smallest absolute Gasteiger partial charge is 0.345 e.